The molecule has 15 heavy (non-hydrogen) atoms. The summed E-state index contributed by atoms with van der Waals surface area (Å²) in [7, 11) is -4.02. The second-order valence-electron chi connectivity index (χ2n) is 3.04. The molecule has 0 rings (SSSR count). The quantitative estimate of drug-likeness (QED) is 0.510. The predicted molar refractivity (Wildman–Crippen MR) is 64.1 cm³/mol. The van der Waals surface area contributed by atoms with Crippen molar-refractivity contribution in [2.75, 3.05) is 19.4 Å². The Hall–Kier alpha value is 0.227. The highest BCUT2D eigenvalue weighted by atomic mass is 31.1. The van der Waals surface area contributed by atoms with Crippen molar-refractivity contribution in [2.24, 2.45) is 0 Å². The van der Waals surface area contributed by atoms with Crippen molar-refractivity contribution in [3.8, 4) is 0 Å². The van der Waals surface area contributed by atoms with Gasteiger partial charge in [0.1, 0.15) is 6.16 Å². The van der Waals surface area contributed by atoms with E-state index in [-0.39, 0.29) is 0 Å². The molecule has 0 amide bonds. The third-order valence-corrected chi connectivity index (χ3v) is 5.63. The van der Waals surface area contributed by atoms with Crippen LogP contribution in [0.2, 0.25) is 6.55 Å². The van der Waals surface area contributed by atoms with E-state index in [0.717, 1.165) is 0 Å². The minimum Gasteiger partial charge on any atom is -0.629 e. The van der Waals surface area contributed by atoms with E-state index >= 15 is 0 Å². The summed E-state index contributed by atoms with van der Waals surface area (Å²) in [5.41, 5.74) is 0.531. The molecule has 0 spiro atoms. The van der Waals surface area contributed by atoms with E-state index in [4.69, 9.17) is 13.3 Å². The maximum Gasteiger partial charge on any atom is 0.505 e. The topological polar surface area (TPSA) is 50.8 Å². The molecule has 1 atom stereocenters. The molecule has 0 aromatic carbocycles. The third kappa shape index (κ3) is 5.75. The van der Waals surface area contributed by atoms with Gasteiger partial charge in [0, 0.05) is 26.7 Å². The van der Waals surface area contributed by atoms with Crippen molar-refractivity contribution in [1.29, 1.82) is 0 Å². The predicted octanol–water partition coefficient (Wildman–Crippen LogP) is 1.57. The summed E-state index contributed by atoms with van der Waals surface area (Å²) < 4.78 is 16.6. The second kappa shape index (κ2) is 7.49. The van der Waals surface area contributed by atoms with Gasteiger partial charge in [-0.3, -0.25) is 0 Å². The lowest BCUT2D eigenvalue weighted by Gasteiger charge is -2.24. The first-order chi connectivity index (χ1) is 6.99. The van der Waals surface area contributed by atoms with Crippen LogP contribution < -0.4 is 4.89 Å². The maximum absolute atomic E-state index is 11.5. The van der Waals surface area contributed by atoms with Gasteiger partial charge >= 0.3 is 8.80 Å². The molecule has 1 unspecified atom stereocenters. The van der Waals surface area contributed by atoms with Gasteiger partial charge in [0.05, 0.1) is 7.77 Å². The van der Waals surface area contributed by atoms with Crippen LogP contribution in [0.25, 0.3) is 0 Å². The van der Waals surface area contributed by atoms with E-state index in [1.165, 1.54) is 0 Å². The lowest BCUT2D eigenvalue weighted by Crippen LogP contribution is -2.44. The van der Waals surface area contributed by atoms with E-state index < -0.39 is 16.6 Å². The van der Waals surface area contributed by atoms with E-state index in [9.17, 15) is 4.89 Å². The van der Waals surface area contributed by atoms with Gasteiger partial charge < -0.3 is 18.2 Å². The normalized spacial score (nSPS) is 14.0. The second-order valence-corrected chi connectivity index (χ2v) is 7.57. The molecule has 0 aromatic heterocycles. The Kier molecular flexibility index (Phi) is 7.61. The molecule has 6 heteroatoms. The van der Waals surface area contributed by atoms with Crippen LogP contribution in [0.1, 0.15) is 27.7 Å². The van der Waals surface area contributed by atoms with Crippen LogP contribution in [-0.2, 0) is 13.3 Å². The Balaban J connectivity index is 4.53. The Morgan fingerprint density at radius 1 is 1.20 bits per heavy atom. The number of hydrogen-bond donors (Lipinski definition) is 0. The van der Waals surface area contributed by atoms with Crippen LogP contribution in [-0.4, -0.2) is 33.7 Å². The van der Waals surface area contributed by atoms with Gasteiger partial charge in [-0.1, -0.05) is 0 Å². The monoisotopic (exact) mass is 252 g/mol. The molecule has 0 aliphatic carbocycles. The zero-order valence-electron chi connectivity index (χ0n) is 10.2. The molecular weight excluding hydrogens is 231 g/mol. The van der Waals surface area contributed by atoms with Crippen molar-refractivity contribution in [1.82, 2.24) is 0 Å². The number of rotatable bonds is 7. The smallest absolute Gasteiger partial charge is 0.505 e. The lowest BCUT2D eigenvalue weighted by atomic mass is 10.9. The van der Waals surface area contributed by atoms with Crippen molar-refractivity contribution in [3.63, 3.8) is 0 Å². The molecule has 90 valence electrons. The summed E-state index contributed by atoms with van der Waals surface area (Å²) in [6, 6.07) is 0. The Morgan fingerprint density at radius 3 is 2.00 bits per heavy atom. The molecule has 0 saturated carbocycles. The molecule has 0 bridgehead atoms. The minimum absolute atomic E-state index is 0.531. The number of hydrogen-bond acceptors (Lipinski definition) is 4. The summed E-state index contributed by atoms with van der Waals surface area (Å²) in [5, 5.41) is 0. The molecule has 0 aliphatic rings. The highest BCUT2D eigenvalue weighted by Crippen LogP contribution is 2.18. The lowest BCUT2D eigenvalue weighted by molar-refractivity contribution is -0.153. The summed E-state index contributed by atoms with van der Waals surface area (Å²) in [6.07, 6.45) is 0.587. The van der Waals surface area contributed by atoms with Crippen LogP contribution in [0.3, 0.4) is 0 Å². The molecular formula is C9H21O4PSi. The van der Waals surface area contributed by atoms with Crippen LogP contribution >= 0.6 is 7.77 Å². The fourth-order valence-corrected chi connectivity index (χ4v) is 4.30. The van der Waals surface area contributed by atoms with Crippen molar-refractivity contribution in [2.45, 2.75) is 34.2 Å². The van der Waals surface area contributed by atoms with E-state index in [1.807, 2.05) is 27.3 Å². The van der Waals surface area contributed by atoms with E-state index in [2.05, 4.69) is 0 Å². The summed E-state index contributed by atoms with van der Waals surface area (Å²) in [4.78, 5) is 11.5. The summed E-state index contributed by atoms with van der Waals surface area (Å²) in [5.74, 6) is 0. The van der Waals surface area contributed by atoms with Crippen LogP contribution in [0.5, 0.6) is 0 Å². The molecule has 0 N–H and O–H groups in total. The van der Waals surface area contributed by atoms with Gasteiger partial charge in [-0.2, -0.15) is 0 Å². The molecule has 0 aromatic rings. The van der Waals surface area contributed by atoms with Gasteiger partial charge in [0.15, 0.2) is 0 Å². The fourth-order valence-electron chi connectivity index (χ4n) is 1.17. The van der Waals surface area contributed by atoms with Crippen LogP contribution in [0.15, 0.2) is 0 Å². The van der Waals surface area contributed by atoms with Gasteiger partial charge in [0.2, 0.25) is 5.48 Å². The Bertz CT molecular complexity index is 214. The van der Waals surface area contributed by atoms with E-state index in [0.29, 0.717) is 24.9 Å². The average molecular weight is 252 g/mol. The zero-order valence-corrected chi connectivity index (χ0v) is 12.1. The van der Waals surface area contributed by atoms with Gasteiger partial charge in [0.25, 0.3) is 0 Å². The van der Waals surface area contributed by atoms with Gasteiger partial charge in [-0.15, -0.1) is 0 Å². The SMILES string of the molecule is CCO[Si](C)(OCC)O/C(C)=[P+](\[O-])CC. The minimum atomic E-state index is -2.61. The van der Waals surface area contributed by atoms with E-state index in [1.54, 1.807) is 6.92 Å². The molecule has 0 radical (unpaired) electrons. The first-order valence-electron chi connectivity index (χ1n) is 5.24. The first-order valence-corrected chi connectivity index (χ1v) is 8.91. The molecule has 0 fully saturated rings. The van der Waals surface area contributed by atoms with Crippen LogP contribution in [0, 0.1) is 0 Å². The molecule has 4 nitrogen and oxygen atoms in total. The Morgan fingerprint density at radius 2 is 1.67 bits per heavy atom. The molecule has 0 aliphatic heterocycles. The fraction of sp³-hybridized carbons (Fsp3) is 0.889. The Labute approximate surface area is 94.4 Å². The molecule has 0 saturated heterocycles. The van der Waals surface area contributed by atoms with Crippen molar-refractivity contribution < 1.29 is 18.2 Å². The van der Waals surface area contributed by atoms with Gasteiger partial charge in [-0.25, -0.2) is 0 Å². The van der Waals surface area contributed by atoms with Crippen molar-refractivity contribution in [3.05, 3.63) is 0 Å². The largest absolute Gasteiger partial charge is 0.629 e. The summed E-state index contributed by atoms with van der Waals surface area (Å²) in [6.45, 7) is 10.3. The average Bonchev–Trinajstić information content (AvgIpc) is 2.16. The zero-order chi connectivity index (χ0) is 11.9. The first kappa shape index (κ1) is 15.2. The standard InChI is InChI=1S/C9H21O4PSi/c1-6-11-15(5,12-7-2)13-9(4)14(10)8-3/h6-8H2,1-5H3. The third-order valence-electron chi connectivity index (χ3n) is 1.78. The van der Waals surface area contributed by atoms with Crippen molar-refractivity contribution >= 4 is 22.1 Å². The molecule has 0 heterocycles. The maximum atomic E-state index is 11.5. The summed E-state index contributed by atoms with van der Waals surface area (Å²) >= 11 is 0. The highest BCUT2D eigenvalue weighted by molar-refractivity contribution is 7.51. The highest BCUT2D eigenvalue weighted by Gasteiger charge is 2.36. The van der Waals surface area contributed by atoms with Gasteiger partial charge in [-0.05, 0) is 20.8 Å². The van der Waals surface area contributed by atoms with Crippen LogP contribution in [0.4, 0.5) is 0 Å².